The fourth-order valence-electron chi connectivity index (χ4n) is 5.04. The van der Waals surface area contributed by atoms with Gasteiger partial charge in [-0.2, -0.15) is 0 Å². The van der Waals surface area contributed by atoms with Gasteiger partial charge in [-0.1, -0.05) is 29.8 Å². The third-order valence-electron chi connectivity index (χ3n) is 7.15. The van der Waals surface area contributed by atoms with Crippen molar-refractivity contribution in [1.29, 1.82) is 0 Å². The quantitative estimate of drug-likeness (QED) is 0.0893. The zero-order chi connectivity index (χ0) is 32.2. The number of allylic oxidation sites excluding steroid dienone is 1. The van der Waals surface area contributed by atoms with Crippen molar-refractivity contribution < 1.29 is 33.6 Å². The van der Waals surface area contributed by atoms with Gasteiger partial charge < -0.3 is 29.8 Å². The molecule has 12 heteroatoms. The van der Waals surface area contributed by atoms with Crippen molar-refractivity contribution in [1.82, 2.24) is 15.6 Å². The maximum atomic E-state index is 13.3. The van der Waals surface area contributed by atoms with E-state index in [2.05, 4.69) is 15.6 Å². The Morgan fingerprint density at radius 3 is 2.64 bits per heavy atom. The number of hydrogen-bond acceptors (Lipinski definition) is 9. The summed E-state index contributed by atoms with van der Waals surface area (Å²) in [7, 11) is 1.42. The second-order valence-electron chi connectivity index (χ2n) is 10.2. The van der Waals surface area contributed by atoms with Crippen LogP contribution in [0.5, 0.6) is 5.75 Å². The van der Waals surface area contributed by atoms with Crippen LogP contribution < -0.4 is 20.9 Å². The van der Waals surface area contributed by atoms with E-state index in [1.54, 1.807) is 31.2 Å². The Bertz CT molecular complexity index is 1620. The molecule has 0 radical (unpaired) electrons. The monoisotopic (exact) mass is 639 g/mol. The maximum Gasteiger partial charge on any atom is 0.336 e. The van der Waals surface area contributed by atoms with Gasteiger partial charge in [0, 0.05) is 46.6 Å². The highest BCUT2D eigenvalue weighted by molar-refractivity contribution is 6.31. The first kappa shape index (κ1) is 33.7. The van der Waals surface area contributed by atoms with E-state index < -0.39 is 11.9 Å². The summed E-state index contributed by atoms with van der Waals surface area (Å²) in [5.41, 5.74) is 3.76. The largest absolute Gasteiger partial charge is 0.494 e. The third kappa shape index (κ3) is 9.18. The van der Waals surface area contributed by atoms with E-state index in [0.29, 0.717) is 41.6 Å². The Kier molecular flexibility index (Phi) is 12.6. The summed E-state index contributed by atoms with van der Waals surface area (Å²) in [4.78, 5) is 50.0. The summed E-state index contributed by atoms with van der Waals surface area (Å²) in [5, 5.41) is 7.49. The predicted molar refractivity (Wildman–Crippen MR) is 170 cm³/mol. The number of dihydropyridines is 1. The molecule has 11 nitrogen and oxygen atoms in total. The Balaban J connectivity index is 1.30. The highest BCUT2D eigenvalue weighted by Crippen LogP contribution is 2.41. The lowest BCUT2D eigenvalue weighted by Gasteiger charge is -2.32. The normalized spacial score (nSPS) is 14.8. The Morgan fingerprint density at radius 2 is 1.87 bits per heavy atom. The van der Waals surface area contributed by atoms with Crippen molar-refractivity contribution in [3.63, 3.8) is 0 Å². The fourth-order valence-corrected chi connectivity index (χ4v) is 5.28. The van der Waals surface area contributed by atoms with E-state index in [1.807, 2.05) is 31.2 Å². The van der Waals surface area contributed by atoms with Crippen LogP contribution in [0.4, 0.5) is 0 Å². The predicted octanol–water partition coefficient (Wildman–Crippen LogP) is 4.53. The topological polar surface area (TPSA) is 137 Å². The molecule has 3 aromatic rings. The first-order valence-electron chi connectivity index (χ1n) is 14.7. The van der Waals surface area contributed by atoms with Crippen LogP contribution in [0.15, 0.2) is 81.9 Å². The van der Waals surface area contributed by atoms with Crippen LogP contribution >= 0.6 is 11.6 Å². The number of rotatable bonds is 16. The van der Waals surface area contributed by atoms with Crippen molar-refractivity contribution in [2.45, 2.75) is 32.6 Å². The van der Waals surface area contributed by atoms with E-state index in [9.17, 15) is 14.4 Å². The number of pyridine rings is 1. The molecule has 2 aromatic carbocycles. The summed E-state index contributed by atoms with van der Waals surface area (Å²) in [6, 6.07) is 15.9. The zero-order valence-corrected chi connectivity index (χ0v) is 26.3. The van der Waals surface area contributed by atoms with Gasteiger partial charge >= 0.3 is 5.97 Å². The molecule has 0 fully saturated rings. The minimum Gasteiger partial charge on any atom is -0.494 e. The van der Waals surface area contributed by atoms with E-state index in [1.165, 1.54) is 13.2 Å². The maximum absolute atomic E-state index is 13.3. The highest BCUT2D eigenvalue weighted by atomic mass is 35.5. The molecule has 0 saturated heterocycles. The first-order valence-corrected chi connectivity index (χ1v) is 15.1. The average Bonchev–Trinajstić information content (AvgIpc) is 3.02. The number of carbonyl (C=O) groups is 2. The summed E-state index contributed by atoms with van der Waals surface area (Å²) in [6.45, 7) is 4.88. The van der Waals surface area contributed by atoms with Crippen LogP contribution in [-0.2, 0) is 28.8 Å². The van der Waals surface area contributed by atoms with E-state index >= 15 is 0 Å². The van der Waals surface area contributed by atoms with Gasteiger partial charge in [0.2, 0.25) is 11.5 Å². The lowest BCUT2D eigenvalue weighted by molar-refractivity contribution is -0.265. The standard InChI is InChI=1S/C33H38ClN3O8/c1-4-43-33(40)32-28(36-21(2)25(19-45-41-3)31(32)24-8-5-6-9-26(24)34)20-42-17-15-35-29(38)10-7-16-44-23-12-13-27-22(18-23)11-14-30(39)37-27/h5-6,8-9,11-14,18,31,36H,4,7,10,15-17,19-20H2,1-3H3,(H,35,38)(H,37,39). The van der Waals surface area contributed by atoms with Crippen molar-refractivity contribution in [3.05, 3.63) is 98.1 Å². The summed E-state index contributed by atoms with van der Waals surface area (Å²) in [5.74, 6) is -0.504. The first-order chi connectivity index (χ1) is 21.8. The highest BCUT2D eigenvalue weighted by Gasteiger charge is 2.36. The third-order valence-corrected chi connectivity index (χ3v) is 7.50. The molecule has 0 saturated carbocycles. The molecule has 4 rings (SSSR count). The minimum atomic E-state index is -0.548. The van der Waals surface area contributed by atoms with E-state index in [0.717, 1.165) is 27.7 Å². The van der Waals surface area contributed by atoms with Crippen LogP contribution in [0.25, 0.3) is 10.9 Å². The number of halogens is 1. The van der Waals surface area contributed by atoms with Gasteiger partial charge in [0.15, 0.2) is 0 Å². The molecule has 1 unspecified atom stereocenters. The molecule has 3 N–H and O–H groups in total. The molecule has 1 atom stereocenters. The molecule has 2 heterocycles. The summed E-state index contributed by atoms with van der Waals surface area (Å²) >= 11 is 6.60. The number of esters is 1. The van der Waals surface area contributed by atoms with Gasteiger partial charge in [0.25, 0.3) is 0 Å². The summed E-state index contributed by atoms with van der Waals surface area (Å²) < 4.78 is 17.1. The van der Waals surface area contributed by atoms with Crippen LogP contribution in [-0.4, -0.2) is 63.5 Å². The lowest BCUT2D eigenvalue weighted by Crippen LogP contribution is -2.34. The van der Waals surface area contributed by atoms with Crippen LogP contribution in [0.3, 0.4) is 0 Å². The van der Waals surface area contributed by atoms with Gasteiger partial charge in [-0.05, 0) is 61.7 Å². The lowest BCUT2D eigenvalue weighted by atomic mass is 9.80. The minimum absolute atomic E-state index is 0.0776. The van der Waals surface area contributed by atoms with E-state index in [4.69, 9.17) is 35.6 Å². The van der Waals surface area contributed by atoms with Crippen molar-refractivity contribution in [2.24, 2.45) is 0 Å². The molecular weight excluding hydrogens is 602 g/mol. The number of ether oxygens (including phenoxy) is 3. The number of aromatic amines is 1. The van der Waals surface area contributed by atoms with Crippen LogP contribution in [0.2, 0.25) is 5.02 Å². The van der Waals surface area contributed by atoms with Gasteiger partial charge in [0.05, 0.1) is 44.8 Å². The summed E-state index contributed by atoms with van der Waals surface area (Å²) in [6.07, 6.45) is 0.816. The molecule has 0 spiro atoms. The zero-order valence-electron chi connectivity index (χ0n) is 25.6. The van der Waals surface area contributed by atoms with Gasteiger partial charge in [0.1, 0.15) is 12.4 Å². The molecule has 240 valence electrons. The second kappa shape index (κ2) is 16.8. The number of aromatic nitrogens is 1. The Hall–Kier alpha value is -4.16. The molecule has 1 aliphatic rings. The number of nitrogens with one attached hydrogen (secondary N) is 3. The average molecular weight is 640 g/mol. The van der Waals surface area contributed by atoms with Gasteiger partial charge in [-0.3, -0.25) is 9.59 Å². The van der Waals surface area contributed by atoms with Crippen molar-refractivity contribution in [3.8, 4) is 5.75 Å². The number of H-pyrrole nitrogens is 1. The van der Waals surface area contributed by atoms with Gasteiger partial charge in [-0.25, -0.2) is 14.6 Å². The fraction of sp³-hybridized carbons (Fsp3) is 0.364. The molecular formula is C33H38ClN3O8. The van der Waals surface area contributed by atoms with Crippen molar-refractivity contribution in [2.75, 3.05) is 46.7 Å². The molecule has 1 amide bonds. The number of carbonyl (C=O) groups excluding carboxylic acids is 2. The number of benzene rings is 2. The molecule has 45 heavy (non-hydrogen) atoms. The van der Waals surface area contributed by atoms with Crippen molar-refractivity contribution >= 4 is 34.4 Å². The smallest absolute Gasteiger partial charge is 0.336 e. The number of fused-ring (bicyclic) bond motifs is 1. The molecule has 1 aliphatic heterocycles. The Labute approximate surface area is 266 Å². The Morgan fingerprint density at radius 1 is 1.04 bits per heavy atom. The SMILES string of the molecule is CCOC(=O)C1=C(COCCNC(=O)CCCOc2ccc3[nH]c(=O)ccc3c2)NC(C)=C(COOC)C1c1ccccc1Cl. The number of hydrogen-bond donors (Lipinski definition) is 3. The van der Waals surface area contributed by atoms with E-state index in [-0.39, 0.29) is 44.3 Å². The molecule has 0 aliphatic carbocycles. The van der Waals surface area contributed by atoms with Crippen LogP contribution in [0.1, 0.15) is 38.2 Å². The second-order valence-corrected chi connectivity index (χ2v) is 10.6. The molecule has 0 bridgehead atoms. The molecule has 1 aromatic heterocycles. The van der Waals surface area contributed by atoms with Crippen LogP contribution in [0, 0.1) is 0 Å². The number of amides is 1. The van der Waals surface area contributed by atoms with Gasteiger partial charge in [-0.15, -0.1) is 0 Å².